The minimum atomic E-state index is -4.14. The van der Waals surface area contributed by atoms with Crippen molar-refractivity contribution in [2.24, 2.45) is 0 Å². The number of nitrogens with one attached hydrogen (secondary N) is 2. The molecule has 0 spiro atoms. The van der Waals surface area contributed by atoms with Crippen molar-refractivity contribution in [2.45, 2.75) is 39.0 Å². The number of amides is 3. The lowest BCUT2D eigenvalue weighted by Gasteiger charge is -2.31. The Morgan fingerprint density at radius 3 is 2.13 bits per heavy atom. The van der Waals surface area contributed by atoms with Crippen LogP contribution in [-0.4, -0.2) is 83.3 Å². The number of aromatic nitrogens is 2. The summed E-state index contributed by atoms with van der Waals surface area (Å²) in [6.45, 7) is 6.56. The molecule has 256 valence electrons. The quantitative estimate of drug-likeness (QED) is 0.195. The Balaban J connectivity index is 0.000000353. The molecule has 14 nitrogen and oxygen atoms in total. The van der Waals surface area contributed by atoms with Crippen LogP contribution < -0.4 is 24.4 Å². The summed E-state index contributed by atoms with van der Waals surface area (Å²) in [7, 11) is 1.39. The smallest absolute Gasteiger partial charge is 0.338 e. The fourth-order valence-corrected chi connectivity index (χ4v) is 5.65. The fourth-order valence-electron chi connectivity index (χ4n) is 4.45. The van der Waals surface area contributed by atoms with Crippen molar-refractivity contribution < 1.29 is 41.7 Å². The minimum absolute atomic E-state index is 0.0223. The Morgan fingerprint density at radius 2 is 1.57 bits per heavy atom. The van der Waals surface area contributed by atoms with Crippen LogP contribution >= 0.6 is 11.6 Å². The zero-order chi connectivity index (χ0) is 35.1. The third-order valence-corrected chi connectivity index (χ3v) is 7.93. The number of hydrogen-bond acceptors (Lipinski definition) is 11. The van der Waals surface area contributed by atoms with Gasteiger partial charge in [-0.05, 0) is 43.0 Å². The van der Waals surface area contributed by atoms with Crippen molar-refractivity contribution in [3.8, 4) is 11.8 Å². The van der Waals surface area contributed by atoms with Gasteiger partial charge in [-0.25, -0.2) is 22.7 Å². The predicted molar refractivity (Wildman–Crippen MR) is 178 cm³/mol. The average molecular weight is 694 g/mol. The average Bonchev–Trinajstić information content (AvgIpc) is 3.04. The molecule has 0 radical (unpaired) electrons. The van der Waals surface area contributed by atoms with Gasteiger partial charge in [0.05, 0.1) is 57.0 Å². The van der Waals surface area contributed by atoms with Gasteiger partial charge in [0.1, 0.15) is 5.88 Å². The van der Waals surface area contributed by atoms with E-state index in [0.29, 0.717) is 6.61 Å². The lowest BCUT2D eigenvalue weighted by molar-refractivity contribution is -0.116. The van der Waals surface area contributed by atoms with Gasteiger partial charge in [0.25, 0.3) is 0 Å². The Kier molecular flexibility index (Phi) is 15.3. The Bertz CT molecular complexity index is 1620. The van der Waals surface area contributed by atoms with Gasteiger partial charge in [-0.1, -0.05) is 43.3 Å². The van der Waals surface area contributed by atoms with E-state index in [0.717, 1.165) is 23.2 Å². The van der Waals surface area contributed by atoms with Crippen LogP contribution in [0, 0.1) is 6.92 Å². The van der Waals surface area contributed by atoms with Gasteiger partial charge >= 0.3 is 12.0 Å². The molecule has 0 aliphatic heterocycles. The lowest BCUT2D eigenvalue weighted by Crippen LogP contribution is -2.43. The summed E-state index contributed by atoms with van der Waals surface area (Å²) in [5.41, 5.74) is 3.47. The van der Waals surface area contributed by atoms with Gasteiger partial charge in [0, 0.05) is 7.11 Å². The highest BCUT2D eigenvalue weighted by atomic mass is 35.5. The summed E-state index contributed by atoms with van der Waals surface area (Å²) in [5.74, 6) is -1.42. The number of aryl methyl sites for hydroxylation is 2. The van der Waals surface area contributed by atoms with E-state index in [1.54, 1.807) is 24.1 Å². The van der Waals surface area contributed by atoms with E-state index in [9.17, 15) is 22.8 Å². The molecule has 3 amide bonds. The Labute approximate surface area is 279 Å². The normalized spacial score (nSPS) is 11.3. The molecular formula is C31H40ClN5O9S. The highest BCUT2D eigenvalue weighted by Gasteiger charge is 2.25. The van der Waals surface area contributed by atoms with Gasteiger partial charge in [-0.2, -0.15) is 9.97 Å². The standard InChI is InChI=1S/C16H18N4O7S.C15H22ClNO2/c1-25-12-8-13(26-2)18-15(17-12)19-16(22)20-28(23,24)9-10-6-4-5-7-11(10)14(21)27-3;1-5-13-8-6-7-11(2)15(13)17(14(18)9-16)12(3)10-19-4/h4-8H,9H2,1-3H3,(H2,17,18,19,20,22);6-8,12H,5,9-10H2,1-4H3/t;12-/m.0/s1. The number of methoxy groups -OCH3 is 4. The molecule has 0 saturated carbocycles. The van der Waals surface area contributed by atoms with Crippen LogP contribution in [0.3, 0.4) is 0 Å². The number of carbonyl (C=O) groups is 3. The first-order chi connectivity index (χ1) is 22.3. The van der Waals surface area contributed by atoms with Gasteiger partial charge < -0.3 is 23.8 Å². The number of nitrogens with zero attached hydrogens (tertiary/aromatic N) is 3. The summed E-state index contributed by atoms with van der Waals surface area (Å²) in [5, 5.41) is 2.18. The topological polar surface area (TPSA) is 175 Å². The molecule has 0 fully saturated rings. The number of para-hydroxylation sites is 1. The number of alkyl halides is 1. The van der Waals surface area contributed by atoms with E-state index in [4.69, 9.17) is 25.8 Å². The lowest BCUT2D eigenvalue weighted by atomic mass is 10.0. The Morgan fingerprint density at radius 1 is 0.957 bits per heavy atom. The molecule has 2 aromatic carbocycles. The molecule has 3 rings (SSSR count). The van der Waals surface area contributed by atoms with E-state index in [1.165, 1.54) is 39.5 Å². The largest absolute Gasteiger partial charge is 0.481 e. The van der Waals surface area contributed by atoms with Crippen LogP contribution in [0.4, 0.5) is 16.4 Å². The molecule has 0 aliphatic rings. The number of sulfonamides is 1. The van der Waals surface area contributed by atoms with Crippen molar-refractivity contribution in [1.82, 2.24) is 14.7 Å². The van der Waals surface area contributed by atoms with E-state index in [1.807, 2.05) is 30.7 Å². The molecule has 3 aromatic rings. The second-order valence-corrected chi connectivity index (χ2v) is 11.9. The van der Waals surface area contributed by atoms with Crippen LogP contribution in [0.15, 0.2) is 48.5 Å². The zero-order valence-electron chi connectivity index (χ0n) is 27.3. The number of halogens is 1. The number of anilines is 2. The van der Waals surface area contributed by atoms with E-state index >= 15 is 0 Å². The molecule has 1 aromatic heterocycles. The number of urea groups is 1. The number of rotatable bonds is 13. The summed E-state index contributed by atoms with van der Waals surface area (Å²) in [4.78, 5) is 45.5. The van der Waals surface area contributed by atoms with E-state index in [2.05, 4.69) is 33.0 Å². The van der Waals surface area contributed by atoms with Crippen molar-refractivity contribution in [2.75, 3.05) is 51.1 Å². The molecule has 0 unspecified atom stereocenters. The molecule has 0 bridgehead atoms. The summed E-state index contributed by atoms with van der Waals surface area (Å²) in [6.07, 6.45) is 0.878. The van der Waals surface area contributed by atoms with Crippen molar-refractivity contribution >= 4 is 51.2 Å². The van der Waals surface area contributed by atoms with Crippen molar-refractivity contribution in [3.63, 3.8) is 0 Å². The molecule has 1 heterocycles. The van der Waals surface area contributed by atoms with Crippen LogP contribution in [-0.2, 0) is 36.5 Å². The molecule has 47 heavy (non-hydrogen) atoms. The Hall–Kier alpha value is -4.47. The number of benzene rings is 2. The number of esters is 1. The van der Waals surface area contributed by atoms with Crippen LogP contribution in [0.2, 0.25) is 0 Å². The molecular weight excluding hydrogens is 654 g/mol. The van der Waals surface area contributed by atoms with Crippen LogP contribution in [0.5, 0.6) is 11.8 Å². The summed E-state index contributed by atoms with van der Waals surface area (Å²) in [6, 6.07) is 12.3. The first-order valence-electron chi connectivity index (χ1n) is 14.2. The predicted octanol–water partition coefficient (Wildman–Crippen LogP) is 4.10. The van der Waals surface area contributed by atoms with Crippen molar-refractivity contribution in [1.29, 1.82) is 0 Å². The summed E-state index contributed by atoms with van der Waals surface area (Å²) < 4.78 is 46.1. The first-order valence-corrected chi connectivity index (χ1v) is 16.4. The SMILES string of the molecule is CCc1cccc(C)c1N(C(=O)CCl)[C@@H](C)COC.COC(=O)c1ccccc1CS(=O)(=O)NC(=O)Nc1nc(OC)cc(OC)n1. The highest BCUT2D eigenvalue weighted by Crippen LogP contribution is 2.28. The van der Waals surface area contributed by atoms with Crippen molar-refractivity contribution in [3.05, 3.63) is 70.8 Å². The van der Waals surface area contributed by atoms with Gasteiger partial charge in [0.2, 0.25) is 33.6 Å². The van der Waals surface area contributed by atoms with Gasteiger partial charge in [0.15, 0.2) is 0 Å². The molecule has 0 aliphatic carbocycles. The van der Waals surface area contributed by atoms with E-state index in [-0.39, 0.29) is 46.7 Å². The number of carbonyl (C=O) groups excluding carboxylic acids is 3. The number of hydrogen-bond donors (Lipinski definition) is 2. The van der Waals surface area contributed by atoms with Gasteiger partial charge in [-0.3, -0.25) is 10.1 Å². The molecule has 2 N–H and O–H groups in total. The van der Waals surface area contributed by atoms with E-state index < -0.39 is 27.8 Å². The maximum absolute atomic E-state index is 12.3. The molecule has 16 heteroatoms. The minimum Gasteiger partial charge on any atom is -0.481 e. The molecule has 1 atom stereocenters. The second-order valence-electron chi connectivity index (χ2n) is 9.88. The third-order valence-electron chi connectivity index (χ3n) is 6.51. The molecule has 0 saturated heterocycles. The fraction of sp³-hybridized carbons (Fsp3) is 0.387. The zero-order valence-corrected chi connectivity index (χ0v) is 28.9. The third kappa shape index (κ3) is 11.4. The first kappa shape index (κ1) is 38.7. The highest BCUT2D eigenvalue weighted by molar-refractivity contribution is 7.89. The maximum atomic E-state index is 12.3. The monoisotopic (exact) mass is 693 g/mol. The number of ether oxygens (including phenoxy) is 4. The van der Waals surface area contributed by atoms with Gasteiger partial charge in [-0.15, -0.1) is 11.6 Å². The van der Waals surface area contributed by atoms with Crippen LogP contribution in [0.1, 0.15) is 40.9 Å². The summed E-state index contributed by atoms with van der Waals surface area (Å²) >= 11 is 5.76. The second kappa shape index (κ2) is 18.6. The maximum Gasteiger partial charge on any atom is 0.338 e. The van der Waals surface area contributed by atoms with Crippen LogP contribution in [0.25, 0.3) is 0 Å².